The van der Waals surface area contributed by atoms with Gasteiger partial charge in [-0.2, -0.15) is 5.10 Å². The summed E-state index contributed by atoms with van der Waals surface area (Å²) in [6.07, 6.45) is 1.52. The van der Waals surface area contributed by atoms with E-state index < -0.39 is 11.9 Å². The summed E-state index contributed by atoms with van der Waals surface area (Å²) >= 11 is 3.44. The Morgan fingerprint density at radius 2 is 1.97 bits per heavy atom. The topological polar surface area (TPSA) is 98.2 Å². The van der Waals surface area contributed by atoms with Crippen LogP contribution in [0.15, 0.2) is 46.0 Å². The van der Waals surface area contributed by atoms with Crippen LogP contribution in [0, 0.1) is 5.92 Å². The van der Waals surface area contributed by atoms with Crippen molar-refractivity contribution in [3.05, 3.63) is 52.0 Å². The lowest BCUT2D eigenvalue weighted by atomic mass is 10.0. The van der Waals surface area contributed by atoms with Gasteiger partial charge in [-0.05, 0) is 70.7 Å². The molecule has 0 spiro atoms. The summed E-state index contributed by atoms with van der Waals surface area (Å²) in [6.45, 7) is 6.29. The predicted molar refractivity (Wildman–Crippen MR) is 120 cm³/mol. The summed E-state index contributed by atoms with van der Waals surface area (Å²) in [5.74, 6) is 0.883. The minimum Gasteiger partial charge on any atom is -0.493 e. The van der Waals surface area contributed by atoms with Gasteiger partial charge in [0.15, 0.2) is 11.5 Å². The van der Waals surface area contributed by atoms with Crippen molar-refractivity contribution in [3.8, 4) is 17.2 Å². The van der Waals surface area contributed by atoms with Gasteiger partial charge in [-0.25, -0.2) is 5.43 Å². The molecule has 31 heavy (non-hydrogen) atoms. The fourth-order valence-corrected chi connectivity index (χ4v) is 3.42. The Bertz CT molecular complexity index is 993. The smallest absolute Gasteiger partial charge is 0.262 e. The number of hydrogen-bond donors (Lipinski definition) is 2. The van der Waals surface area contributed by atoms with Crippen molar-refractivity contribution >= 4 is 34.0 Å². The number of hydrogen-bond acceptors (Lipinski definition) is 6. The lowest BCUT2D eigenvalue weighted by molar-refractivity contribution is -0.123. The Morgan fingerprint density at radius 3 is 2.68 bits per heavy atom. The van der Waals surface area contributed by atoms with E-state index in [0.29, 0.717) is 23.7 Å². The summed E-state index contributed by atoms with van der Waals surface area (Å²) in [4.78, 5) is 25.3. The first kappa shape index (κ1) is 22.6. The second kappa shape index (κ2) is 10.3. The van der Waals surface area contributed by atoms with Gasteiger partial charge in [0, 0.05) is 5.56 Å². The molecule has 2 amide bonds. The lowest BCUT2D eigenvalue weighted by Crippen LogP contribution is -2.48. The SMILES string of the molecule is CCOc1ccc(/C=N/NC(=O)C(NC(=O)c2ccc3c(c2)OCO3)C(C)C)cc1Br. The molecule has 0 aliphatic carbocycles. The van der Waals surface area contributed by atoms with Crippen LogP contribution in [0.1, 0.15) is 36.7 Å². The molecule has 3 rings (SSSR count). The Balaban J connectivity index is 1.62. The van der Waals surface area contributed by atoms with Crippen LogP contribution in [0.25, 0.3) is 0 Å². The fourth-order valence-electron chi connectivity index (χ4n) is 2.91. The number of fused-ring (bicyclic) bond motifs is 1. The average Bonchev–Trinajstić information content (AvgIpc) is 3.21. The maximum absolute atomic E-state index is 12.6. The van der Waals surface area contributed by atoms with E-state index in [9.17, 15) is 9.59 Å². The molecule has 1 aliphatic rings. The zero-order chi connectivity index (χ0) is 22.4. The summed E-state index contributed by atoms with van der Waals surface area (Å²) in [7, 11) is 0. The van der Waals surface area contributed by atoms with Crippen molar-refractivity contribution in [1.82, 2.24) is 10.7 Å². The molecule has 0 bridgehead atoms. The Hall–Kier alpha value is -3.07. The van der Waals surface area contributed by atoms with Crippen LogP contribution in [0.2, 0.25) is 0 Å². The maximum Gasteiger partial charge on any atom is 0.262 e. The zero-order valence-corrected chi connectivity index (χ0v) is 19.1. The van der Waals surface area contributed by atoms with E-state index in [0.717, 1.165) is 15.8 Å². The third-order valence-corrected chi connectivity index (χ3v) is 5.13. The largest absolute Gasteiger partial charge is 0.493 e. The maximum atomic E-state index is 12.6. The highest BCUT2D eigenvalue weighted by atomic mass is 79.9. The Kier molecular flexibility index (Phi) is 7.51. The molecule has 0 fully saturated rings. The third-order valence-electron chi connectivity index (χ3n) is 4.51. The molecule has 2 aromatic carbocycles. The minimum atomic E-state index is -0.762. The molecule has 1 heterocycles. The molecule has 2 aromatic rings. The highest BCUT2D eigenvalue weighted by molar-refractivity contribution is 9.10. The van der Waals surface area contributed by atoms with Crippen LogP contribution >= 0.6 is 15.9 Å². The number of benzene rings is 2. The lowest BCUT2D eigenvalue weighted by Gasteiger charge is -2.20. The van der Waals surface area contributed by atoms with E-state index >= 15 is 0 Å². The number of amides is 2. The van der Waals surface area contributed by atoms with E-state index in [1.165, 1.54) is 6.21 Å². The second-order valence-electron chi connectivity index (χ2n) is 7.12. The molecule has 9 heteroatoms. The number of hydrazone groups is 1. The fraction of sp³-hybridized carbons (Fsp3) is 0.318. The molecule has 1 atom stereocenters. The van der Waals surface area contributed by atoms with Crippen LogP contribution in [0.4, 0.5) is 0 Å². The van der Waals surface area contributed by atoms with Crippen molar-refractivity contribution in [2.45, 2.75) is 26.8 Å². The number of rotatable bonds is 8. The molecule has 1 aliphatic heterocycles. The quantitative estimate of drug-likeness (QED) is 0.436. The van der Waals surface area contributed by atoms with Crippen molar-refractivity contribution in [2.24, 2.45) is 11.0 Å². The monoisotopic (exact) mass is 489 g/mol. The first-order valence-electron chi connectivity index (χ1n) is 9.84. The summed E-state index contributed by atoms with van der Waals surface area (Å²) in [5, 5.41) is 6.77. The van der Waals surface area contributed by atoms with Crippen molar-refractivity contribution < 1.29 is 23.8 Å². The van der Waals surface area contributed by atoms with Gasteiger partial charge in [0.1, 0.15) is 11.8 Å². The van der Waals surface area contributed by atoms with Crippen LogP contribution in [0.3, 0.4) is 0 Å². The van der Waals surface area contributed by atoms with Gasteiger partial charge in [-0.3, -0.25) is 9.59 Å². The number of carbonyl (C=O) groups excluding carboxylic acids is 2. The molecule has 0 saturated carbocycles. The van der Waals surface area contributed by atoms with Crippen LogP contribution in [0.5, 0.6) is 17.2 Å². The summed E-state index contributed by atoms with van der Waals surface area (Å²) < 4.78 is 16.8. The van der Waals surface area contributed by atoms with Gasteiger partial charge >= 0.3 is 0 Å². The molecule has 0 saturated heterocycles. The Labute approximate surface area is 189 Å². The van der Waals surface area contributed by atoms with Crippen LogP contribution in [-0.4, -0.2) is 37.5 Å². The van der Waals surface area contributed by atoms with Crippen LogP contribution in [-0.2, 0) is 4.79 Å². The Morgan fingerprint density at radius 1 is 1.19 bits per heavy atom. The van der Waals surface area contributed by atoms with E-state index in [1.54, 1.807) is 18.2 Å². The second-order valence-corrected chi connectivity index (χ2v) is 7.97. The molecule has 0 aromatic heterocycles. The number of ether oxygens (including phenoxy) is 3. The highest BCUT2D eigenvalue weighted by Crippen LogP contribution is 2.32. The standard InChI is InChI=1S/C22H24BrN3O5/c1-4-29-17-7-5-14(9-16(17)23)11-24-26-22(28)20(13(2)3)25-21(27)15-6-8-18-19(10-15)31-12-30-18/h5-11,13,20H,4,12H2,1-3H3,(H,25,27)(H,26,28)/b24-11+. The van der Waals surface area contributed by atoms with Gasteiger partial charge < -0.3 is 19.5 Å². The van der Waals surface area contributed by atoms with Gasteiger partial charge in [0.2, 0.25) is 6.79 Å². The third kappa shape index (κ3) is 5.75. The number of nitrogens with one attached hydrogen (secondary N) is 2. The minimum absolute atomic E-state index is 0.125. The molecule has 164 valence electrons. The van der Waals surface area contributed by atoms with E-state index in [2.05, 4.69) is 31.8 Å². The molecular formula is C22H24BrN3O5. The van der Waals surface area contributed by atoms with Crippen molar-refractivity contribution in [2.75, 3.05) is 13.4 Å². The normalized spacial score (nSPS) is 13.3. The summed E-state index contributed by atoms with van der Waals surface area (Å²) in [5.41, 5.74) is 3.65. The van der Waals surface area contributed by atoms with Crippen molar-refractivity contribution in [3.63, 3.8) is 0 Å². The van der Waals surface area contributed by atoms with Gasteiger partial charge in [-0.15, -0.1) is 0 Å². The predicted octanol–water partition coefficient (Wildman–Crippen LogP) is 3.48. The van der Waals surface area contributed by atoms with Gasteiger partial charge in [0.25, 0.3) is 11.8 Å². The van der Waals surface area contributed by atoms with Crippen molar-refractivity contribution in [1.29, 1.82) is 0 Å². The number of halogens is 1. The first-order valence-corrected chi connectivity index (χ1v) is 10.6. The van der Waals surface area contributed by atoms with Gasteiger partial charge in [0.05, 0.1) is 17.3 Å². The van der Waals surface area contributed by atoms with E-state index in [1.807, 2.05) is 39.0 Å². The van der Waals surface area contributed by atoms with Gasteiger partial charge in [-0.1, -0.05) is 13.8 Å². The molecule has 0 radical (unpaired) electrons. The highest BCUT2D eigenvalue weighted by Gasteiger charge is 2.25. The van der Waals surface area contributed by atoms with E-state index in [4.69, 9.17) is 14.2 Å². The average molecular weight is 490 g/mol. The molecule has 2 N–H and O–H groups in total. The zero-order valence-electron chi connectivity index (χ0n) is 17.5. The van der Waals surface area contributed by atoms with Crippen LogP contribution < -0.4 is 25.0 Å². The number of nitrogens with zero attached hydrogens (tertiary/aromatic N) is 1. The first-order chi connectivity index (χ1) is 14.9. The summed E-state index contributed by atoms with van der Waals surface area (Å²) in [6, 6.07) is 9.60. The molecule has 1 unspecified atom stereocenters. The molecular weight excluding hydrogens is 466 g/mol. The number of carbonyl (C=O) groups is 2. The van der Waals surface area contributed by atoms with E-state index in [-0.39, 0.29) is 18.6 Å². The molecule has 8 nitrogen and oxygen atoms in total.